The van der Waals surface area contributed by atoms with Crippen LogP contribution in [0.1, 0.15) is 52.3 Å². The number of aryl methyl sites for hydroxylation is 1. The lowest BCUT2D eigenvalue weighted by molar-refractivity contribution is -0.0833. The van der Waals surface area contributed by atoms with Crippen LogP contribution in [0.5, 0.6) is 5.75 Å². The molecule has 0 N–H and O–H groups in total. The van der Waals surface area contributed by atoms with Gasteiger partial charge in [-0.1, -0.05) is 0 Å². The molecule has 0 saturated carbocycles. The molecule has 158 valence electrons. The summed E-state index contributed by atoms with van der Waals surface area (Å²) in [5.74, 6) is 0.483. The minimum atomic E-state index is -0.558. The number of aromatic nitrogens is 2. The first-order valence-electron chi connectivity index (χ1n) is 10.0. The lowest BCUT2D eigenvalue weighted by atomic mass is 9.81. The first-order valence-corrected chi connectivity index (χ1v) is 10.0. The van der Waals surface area contributed by atoms with Crippen LogP contribution in [0.15, 0.2) is 30.6 Å². The van der Waals surface area contributed by atoms with Gasteiger partial charge in [-0.2, -0.15) is 5.26 Å². The minimum absolute atomic E-state index is 0.0762. The topological polar surface area (TPSA) is 88.3 Å². The molecule has 2 aromatic rings. The molecule has 2 heterocycles. The number of benzene rings is 1. The van der Waals surface area contributed by atoms with Gasteiger partial charge in [0.15, 0.2) is 0 Å². The fourth-order valence-corrected chi connectivity index (χ4v) is 3.83. The van der Waals surface area contributed by atoms with Crippen molar-refractivity contribution >= 4 is 6.09 Å². The quantitative estimate of drug-likeness (QED) is 0.741. The first-order chi connectivity index (χ1) is 14.0. The van der Waals surface area contributed by atoms with E-state index in [4.69, 9.17) is 9.47 Å². The van der Waals surface area contributed by atoms with Gasteiger partial charge in [0.25, 0.3) is 0 Å². The molecule has 1 unspecified atom stereocenters. The Hall–Kier alpha value is -3.14. The highest BCUT2D eigenvalue weighted by Gasteiger charge is 2.51. The summed E-state index contributed by atoms with van der Waals surface area (Å²) >= 11 is 0. The monoisotopic (exact) mass is 408 g/mol. The Morgan fingerprint density at radius 1 is 1.33 bits per heavy atom. The molecule has 7 heteroatoms. The molecule has 1 aromatic heterocycles. The fourth-order valence-electron chi connectivity index (χ4n) is 3.83. The van der Waals surface area contributed by atoms with Gasteiger partial charge in [0.2, 0.25) is 0 Å². The normalized spacial score (nSPS) is 20.8. The SMILES string of the molecule is Cc1cc(-c2ccc(OC[C@]3(C)CC(C)N3C(=O)OC(C)(C)C)c(C#N)c2)ncn1. The van der Waals surface area contributed by atoms with E-state index >= 15 is 0 Å². The van der Waals surface area contributed by atoms with Gasteiger partial charge in [-0.05, 0) is 72.2 Å². The second-order valence-corrected chi connectivity index (χ2v) is 9.06. The van der Waals surface area contributed by atoms with Crippen molar-refractivity contribution < 1.29 is 14.3 Å². The molecule has 3 rings (SSSR count). The highest BCUT2D eigenvalue weighted by Crippen LogP contribution is 2.38. The van der Waals surface area contributed by atoms with Crippen LogP contribution in [-0.4, -0.2) is 44.7 Å². The van der Waals surface area contributed by atoms with Crippen molar-refractivity contribution in [2.75, 3.05) is 6.61 Å². The smallest absolute Gasteiger partial charge is 0.411 e. The number of rotatable bonds is 4. The van der Waals surface area contributed by atoms with E-state index in [1.54, 1.807) is 17.0 Å². The molecule has 0 aliphatic carbocycles. The zero-order valence-electron chi connectivity index (χ0n) is 18.4. The third kappa shape index (κ3) is 4.54. The molecule has 2 atom stereocenters. The van der Waals surface area contributed by atoms with Crippen molar-refractivity contribution in [3.8, 4) is 23.1 Å². The van der Waals surface area contributed by atoms with Crippen LogP contribution in [0.4, 0.5) is 4.79 Å². The van der Waals surface area contributed by atoms with Crippen LogP contribution in [0.3, 0.4) is 0 Å². The van der Waals surface area contributed by atoms with Crippen LogP contribution in [0.2, 0.25) is 0 Å². The summed E-state index contributed by atoms with van der Waals surface area (Å²) in [5, 5.41) is 9.61. The summed E-state index contributed by atoms with van der Waals surface area (Å²) in [6.07, 6.45) is 1.96. The van der Waals surface area contributed by atoms with Crippen LogP contribution < -0.4 is 4.74 Å². The average Bonchev–Trinajstić information content (AvgIpc) is 2.64. The highest BCUT2D eigenvalue weighted by atomic mass is 16.6. The van der Waals surface area contributed by atoms with E-state index in [1.807, 2.05) is 53.7 Å². The van der Waals surface area contributed by atoms with Gasteiger partial charge in [-0.15, -0.1) is 0 Å². The second-order valence-electron chi connectivity index (χ2n) is 9.06. The van der Waals surface area contributed by atoms with Crippen molar-refractivity contribution in [1.82, 2.24) is 14.9 Å². The molecule has 7 nitrogen and oxygen atoms in total. The lowest BCUT2D eigenvalue weighted by Crippen LogP contribution is -2.68. The van der Waals surface area contributed by atoms with Crippen molar-refractivity contribution in [1.29, 1.82) is 5.26 Å². The van der Waals surface area contributed by atoms with Crippen molar-refractivity contribution in [2.24, 2.45) is 0 Å². The predicted octanol–water partition coefficient (Wildman–Crippen LogP) is 4.49. The lowest BCUT2D eigenvalue weighted by Gasteiger charge is -2.54. The molecule has 1 aromatic carbocycles. The van der Waals surface area contributed by atoms with E-state index in [1.165, 1.54) is 6.33 Å². The molecule has 1 fully saturated rings. The second kappa shape index (κ2) is 7.94. The van der Waals surface area contributed by atoms with Gasteiger partial charge in [0.05, 0.1) is 16.8 Å². The highest BCUT2D eigenvalue weighted by molar-refractivity contribution is 5.71. The Balaban J connectivity index is 1.75. The van der Waals surface area contributed by atoms with Crippen LogP contribution in [-0.2, 0) is 4.74 Å². The summed E-state index contributed by atoms with van der Waals surface area (Å²) in [6.45, 7) is 11.7. The number of nitriles is 1. The van der Waals surface area contributed by atoms with Crippen LogP contribution in [0, 0.1) is 18.3 Å². The summed E-state index contributed by atoms with van der Waals surface area (Å²) in [4.78, 5) is 22.7. The Bertz CT molecular complexity index is 993. The number of carbonyl (C=O) groups is 1. The summed E-state index contributed by atoms with van der Waals surface area (Å²) in [5.41, 5.74) is 1.80. The summed E-state index contributed by atoms with van der Waals surface area (Å²) in [7, 11) is 0. The van der Waals surface area contributed by atoms with E-state index < -0.39 is 11.1 Å². The summed E-state index contributed by atoms with van der Waals surface area (Å²) in [6, 6.07) is 9.54. The van der Waals surface area contributed by atoms with Crippen molar-refractivity contribution in [3.63, 3.8) is 0 Å². The summed E-state index contributed by atoms with van der Waals surface area (Å²) < 4.78 is 11.5. The molecule has 0 spiro atoms. The van der Waals surface area contributed by atoms with Gasteiger partial charge >= 0.3 is 6.09 Å². The van der Waals surface area contributed by atoms with Crippen LogP contribution in [0.25, 0.3) is 11.3 Å². The number of amides is 1. The van der Waals surface area contributed by atoms with Gasteiger partial charge < -0.3 is 9.47 Å². The van der Waals surface area contributed by atoms with E-state index in [2.05, 4.69) is 16.0 Å². The van der Waals surface area contributed by atoms with Gasteiger partial charge in [-0.25, -0.2) is 14.8 Å². The molecule has 1 saturated heterocycles. The Morgan fingerprint density at radius 2 is 2.07 bits per heavy atom. The fraction of sp³-hybridized carbons (Fsp3) is 0.478. The maximum absolute atomic E-state index is 12.6. The molecular weight excluding hydrogens is 380 g/mol. The Morgan fingerprint density at radius 3 is 2.67 bits per heavy atom. The molecule has 1 aliphatic heterocycles. The number of hydrogen-bond donors (Lipinski definition) is 0. The van der Waals surface area contributed by atoms with Gasteiger partial charge in [-0.3, -0.25) is 4.90 Å². The van der Waals surface area contributed by atoms with Crippen LogP contribution >= 0.6 is 0 Å². The number of carbonyl (C=O) groups excluding carboxylic acids is 1. The van der Waals surface area contributed by atoms with Gasteiger partial charge in [0.1, 0.15) is 30.4 Å². The maximum atomic E-state index is 12.6. The maximum Gasteiger partial charge on any atom is 0.411 e. The molecule has 1 aliphatic rings. The average molecular weight is 409 g/mol. The molecular formula is C23H28N4O3. The molecule has 30 heavy (non-hydrogen) atoms. The third-order valence-electron chi connectivity index (χ3n) is 5.09. The van der Waals surface area contributed by atoms with E-state index in [0.717, 1.165) is 23.4 Å². The standard InChI is InChI=1S/C23H28N4O3/c1-15-9-19(26-14-25-15)17-7-8-20(18(10-17)12-24)29-13-23(6)11-16(2)27(23)21(28)30-22(3,4)5/h7-10,14,16H,11,13H2,1-6H3/t16?,23-/m0/s1. The molecule has 1 amide bonds. The largest absolute Gasteiger partial charge is 0.490 e. The number of hydrogen-bond acceptors (Lipinski definition) is 6. The zero-order chi connectivity index (χ0) is 22.1. The Labute approximate surface area is 177 Å². The zero-order valence-corrected chi connectivity index (χ0v) is 18.4. The van der Waals surface area contributed by atoms with E-state index in [9.17, 15) is 10.1 Å². The number of likely N-dealkylation sites (tertiary alicyclic amines) is 1. The Kier molecular flexibility index (Phi) is 5.71. The van der Waals surface area contributed by atoms with E-state index in [-0.39, 0.29) is 18.7 Å². The first kappa shape index (κ1) is 21.6. The molecule has 0 bridgehead atoms. The minimum Gasteiger partial charge on any atom is -0.490 e. The number of nitrogens with zero attached hydrogens (tertiary/aromatic N) is 4. The van der Waals surface area contributed by atoms with Crippen molar-refractivity contribution in [3.05, 3.63) is 41.9 Å². The predicted molar refractivity (Wildman–Crippen MR) is 113 cm³/mol. The molecule has 0 radical (unpaired) electrons. The van der Waals surface area contributed by atoms with Gasteiger partial charge in [0, 0.05) is 17.3 Å². The van der Waals surface area contributed by atoms with E-state index in [0.29, 0.717) is 11.3 Å². The van der Waals surface area contributed by atoms with Crippen molar-refractivity contribution in [2.45, 2.75) is 65.1 Å². The number of ether oxygens (including phenoxy) is 2. The third-order valence-corrected chi connectivity index (χ3v) is 5.09.